The third-order valence-electron chi connectivity index (χ3n) is 1.87. The van der Waals surface area contributed by atoms with Gasteiger partial charge >= 0.3 is 0 Å². The molecular weight excluding hydrogens is 208 g/mol. The van der Waals surface area contributed by atoms with Crippen molar-refractivity contribution in [2.45, 2.75) is 17.0 Å². The molecule has 0 radical (unpaired) electrons. The summed E-state index contributed by atoms with van der Waals surface area (Å²) in [5.41, 5.74) is 7.41. The van der Waals surface area contributed by atoms with Crippen molar-refractivity contribution in [2.24, 2.45) is 0 Å². The molecule has 0 bridgehead atoms. The number of anilines is 1. The molecule has 0 atom stereocenters. The molecular formula is C10H10N4S. The van der Waals surface area contributed by atoms with Gasteiger partial charge in [0.25, 0.3) is 0 Å². The van der Waals surface area contributed by atoms with E-state index in [0.29, 0.717) is 5.69 Å². The third kappa shape index (κ3) is 2.44. The van der Waals surface area contributed by atoms with E-state index in [4.69, 9.17) is 5.73 Å². The number of pyridine rings is 1. The molecule has 0 unspecified atom stereocenters. The summed E-state index contributed by atoms with van der Waals surface area (Å²) in [5, 5.41) is 1.70. The molecule has 0 saturated carbocycles. The van der Waals surface area contributed by atoms with Gasteiger partial charge in [0, 0.05) is 12.4 Å². The van der Waals surface area contributed by atoms with Crippen LogP contribution in [0.25, 0.3) is 0 Å². The lowest BCUT2D eigenvalue weighted by Crippen LogP contribution is -1.92. The average Bonchev–Trinajstić information content (AvgIpc) is 2.25. The van der Waals surface area contributed by atoms with Crippen molar-refractivity contribution in [3.05, 3.63) is 36.4 Å². The minimum Gasteiger partial charge on any atom is -0.397 e. The number of hydrogen-bond donors (Lipinski definition) is 1. The maximum absolute atomic E-state index is 5.68. The van der Waals surface area contributed by atoms with E-state index in [1.54, 1.807) is 24.8 Å². The van der Waals surface area contributed by atoms with Crippen LogP contribution in [-0.4, -0.2) is 15.0 Å². The Morgan fingerprint density at radius 2 is 2.00 bits per heavy atom. The summed E-state index contributed by atoms with van der Waals surface area (Å²) in [5.74, 6) is 0. The van der Waals surface area contributed by atoms with Gasteiger partial charge in [-0.1, -0.05) is 0 Å². The van der Waals surface area contributed by atoms with Crippen LogP contribution in [0.15, 0.2) is 40.9 Å². The number of hydrogen-bond acceptors (Lipinski definition) is 5. The van der Waals surface area contributed by atoms with Crippen molar-refractivity contribution < 1.29 is 0 Å². The summed E-state index contributed by atoms with van der Waals surface area (Å²) in [7, 11) is 0. The zero-order chi connectivity index (χ0) is 10.7. The number of nitrogens with two attached hydrogens (primary N) is 1. The minimum atomic E-state index is 0.707. The summed E-state index contributed by atoms with van der Waals surface area (Å²) in [6.07, 6.45) is 6.67. The van der Waals surface area contributed by atoms with E-state index in [1.807, 2.05) is 13.0 Å². The van der Waals surface area contributed by atoms with Crippen molar-refractivity contribution in [3.8, 4) is 0 Å². The summed E-state index contributed by atoms with van der Waals surface area (Å²) in [6.45, 7) is 1.96. The molecule has 0 fully saturated rings. The molecule has 15 heavy (non-hydrogen) atoms. The Balaban J connectivity index is 2.22. The summed E-state index contributed by atoms with van der Waals surface area (Å²) < 4.78 is 0. The minimum absolute atomic E-state index is 0.707. The molecule has 2 N–H and O–H groups in total. The number of rotatable bonds is 2. The quantitative estimate of drug-likeness (QED) is 0.834. The van der Waals surface area contributed by atoms with Crippen LogP contribution in [0.4, 0.5) is 5.69 Å². The van der Waals surface area contributed by atoms with Gasteiger partial charge in [0.05, 0.1) is 18.1 Å². The van der Waals surface area contributed by atoms with Crippen LogP contribution in [0.1, 0.15) is 5.56 Å². The second kappa shape index (κ2) is 4.27. The molecule has 0 aliphatic carbocycles. The topological polar surface area (TPSA) is 64.7 Å². The van der Waals surface area contributed by atoms with Crippen molar-refractivity contribution >= 4 is 17.4 Å². The predicted octanol–water partition coefficient (Wildman–Crippen LogP) is 1.91. The highest BCUT2D eigenvalue weighted by Crippen LogP contribution is 2.24. The molecule has 0 spiro atoms. The van der Waals surface area contributed by atoms with Crippen LogP contribution in [0.3, 0.4) is 0 Å². The third-order valence-corrected chi connectivity index (χ3v) is 2.73. The number of nitrogens with zero attached hydrogens (tertiary/aromatic N) is 3. The van der Waals surface area contributed by atoms with Crippen molar-refractivity contribution in [1.29, 1.82) is 0 Å². The van der Waals surface area contributed by atoms with E-state index in [2.05, 4.69) is 15.0 Å². The fourth-order valence-electron chi connectivity index (χ4n) is 1.04. The monoisotopic (exact) mass is 218 g/mol. The van der Waals surface area contributed by atoms with E-state index >= 15 is 0 Å². The van der Waals surface area contributed by atoms with Crippen LogP contribution in [0, 0.1) is 6.92 Å². The Kier molecular flexibility index (Phi) is 2.82. The van der Waals surface area contributed by atoms with Crippen molar-refractivity contribution in [2.75, 3.05) is 5.73 Å². The van der Waals surface area contributed by atoms with Crippen molar-refractivity contribution in [3.63, 3.8) is 0 Å². The summed E-state index contributed by atoms with van der Waals surface area (Å²) >= 11 is 1.47. The molecule has 4 nitrogen and oxygen atoms in total. The van der Waals surface area contributed by atoms with Crippen LogP contribution in [-0.2, 0) is 0 Å². The Bertz CT molecular complexity index is 458. The molecule has 76 valence electrons. The smallest absolute Gasteiger partial charge is 0.121 e. The van der Waals surface area contributed by atoms with Crippen molar-refractivity contribution in [1.82, 2.24) is 15.0 Å². The summed E-state index contributed by atoms with van der Waals surface area (Å²) in [4.78, 5) is 12.3. The zero-order valence-electron chi connectivity index (χ0n) is 8.21. The van der Waals surface area contributed by atoms with E-state index in [9.17, 15) is 0 Å². The highest BCUT2D eigenvalue weighted by molar-refractivity contribution is 7.99. The Hall–Kier alpha value is -1.62. The molecule has 0 saturated heterocycles. The first-order chi connectivity index (χ1) is 7.25. The highest BCUT2D eigenvalue weighted by Gasteiger charge is 2.01. The standard InChI is InChI=1S/C10H10N4S/c1-7-4-9(14-5-8(7)11)15-10-6-12-2-3-13-10/h2-6H,11H2,1H3. The lowest BCUT2D eigenvalue weighted by molar-refractivity contribution is 1.04. The molecule has 0 amide bonds. The van der Waals surface area contributed by atoms with Gasteiger partial charge < -0.3 is 5.73 Å². The first-order valence-corrected chi connectivity index (χ1v) is 5.23. The first-order valence-electron chi connectivity index (χ1n) is 4.41. The van der Waals surface area contributed by atoms with E-state index in [0.717, 1.165) is 15.6 Å². The Morgan fingerprint density at radius 1 is 1.13 bits per heavy atom. The average molecular weight is 218 g/mol. The normalized spacial score (nSPS) is 10.2. The zero-order valence-corrected chi connectivity index (χ0v) is 9.03. The molecule has 5 heteroatoms. The fraction of sp³-hybridized carbons (Fsp3) is 0.100. The predicted molar refractivity (Wildman–Crippen MR) is 59.5 cm³/mol. The highest BCUT2D eigenvalue weighted by atomic mass is 32.2. The molecule has 2 heterocycles. The Labute approximate surface area is 92.0 Å². The van der Waals surface area contributed by atoms with Gasteiger partial charge in [-0.05, 0) is 30.3 Å². The van der Waals surface area contributed by atoms with Gasteiger partial charge in [-0.15, -0.1) is 0 Å². The van der Waals surface area contributed by atoms with Crippen LogP contribution < -0.4 is 5.73 Å². The molecule has 0 aliphatic rings. The second-order valence-corrected chi connectivity index (χ2v) is 4.07. The van der Waals surface area contributed by atoms with Gasteiger partial charge in [0.2, 0.25) is 0 Å². The SMILES string of the molecule is Cc1cc(Sc2cnccn2)ncc1N. The van der Waals surface area contributed by atoms with Crippen LogP contribution in [0.2, 0.25) is 0 Å². The van der Waals surface area contributed by atoms with E-state index in [1.165, 1.54) is 11.8 Å². The first kappa shape index (κ1) is 9.92. The lowest BCUT2D eigenvalue weighted by Gasteiger charge is -2.02. The van der Waals surface area contributed by atoms with Gasteiger partial charge in [0.15, 0.2) is 0 Å². The second-order valence-electron chi connectivity index (χ2n) is 3.02. The van der Waals surface area contributed by atoms with Gasteiger partial charge in [-0.2, -0.15) is 0 Å². The molecule has 2 aromatic heterocycles. The van der Waals surface area contributed by atoms with Gasteiger partial charge in [-0.25, -0.2) is 9.97 Å². The molecule has 2 rings (SSSR count). The lowest BCUT2D eigenvalue weighted by atomic mass is 10.3. The number of aryl methyl sites for hydroxylation is 1. The fourth-order valence-corrected chi connectivity index (χ4v) is 1.82. The van der Waals surface area contributed by atoms with E-state index < -0.39 is 0 Å². The maximum Gasteiger partial charge on any atom is 0.121 e. The maximum atomic E-state index is 5.68. The molecule has 0 aromatic carbocycles. The largest absolute Gasteiger partial charge is 0.397 e. The number of nitrogen functional groups attached to an aromatic ring is 1. The van der Waals surface area contributed by atoms with E-state index in [-0.39, 0.29) is 0 Å². The Morgan fingerprint density at radius 3 is 2.67 bits per heavy atom. The molecule has 0 aliphatic heterocycles. The van der Waals surface area contributed by atoms with Gasteiger partial charge in [0.1, 0.15) is 10.1 Å². The van der Waals surface area contributed by atoms with Crippen LogP contribution in [0.5, 0.6) is 0 Å². The van der Waals surface area contributed by atoms with Crippen LogP contribution >= 0.6 is 11.8 Å². The molecule has 2 aromatic rings. The summed E-state index contributed by atoms with van der Waals surface area (Å²) in [6, 6.07) is 1.94. The van der Waals surface area contributed by atoms with Gasteiger partial charge in [-0.3, -0.25) is 4.98 Å². The number of aromatic nitrogens is 3.